The van der Waals surface area contributed by atoms with Crippen molar-refractivity contribution in [2.24, 2.45) is 16.1 Å². The smallest absolute Gasteiger partial charge is 0.192 e. The number of carbonyl (C=O) groups excluding carboxylic acids is 1. The number of guanidine groups is 1. The Balaban J connectivity index is 1.90. The summed E-state index contributed by atoms with van der Waals surface area (Å²) in [6, 6.07) is 6.26. The lowest BCUT2D eigenvalue weighted by atomic mass is 9.59. The van der Waals surface area contributed by atoms with Crippen molar-refractivity contribution in [3.63, 3.8) is 0 Å². The molecule has 0 amide bonds. The van der Waals surface area contributed by atoms with E-state index in [0.717, 1.165) is 42.1 Å². The normalized spacial score (nSPS) is 34.5. The summed E-state index contributed by atoms with van der Waals surface area (Å²) in [4.78, 5) is 20.1. The van der Waals surface area contributed by atoms with Gasteiger partial charge in [0.05, 0.1) is 12.6 Å². The summed E-state index contributed by atoms with van der Waals surface area (Å²) < 4.78 is 6.55. The predicted molar refractivity (Wildman–Crippen MR) is 100 cm³/mol. The number of nitrogens with two attached hydrogens (primary N) is 1. The number of rotatable bonds is 1. The third kappa shape index (κ3) is 2.30. The van der Waals surface area contributed by atoms with Gasteiger partial charge in [0.25, 0.3) is 0 Å². The fraction of sp³-hybridized carbons (Fsp3) is 0.579. The number of halogens is 1. The Morgan fingerprint density at radius 3 is 2.76 bits per heavy atom. The molecule has 1 aromatic carbocycles. The number of hydrogen-bond donors (Lipinski definition) is 1. The lowest BCUT2D eigenvalue weighted by Gasteiger charge is -2.49. The van der Waals surface area contributed by atoms with Gasteiger partial charge in [0.1, 0.15) is 0 Å². The Labute approximate surface area is 156 Å². The minimum atomic E-state index is -0.846. The van der Waals surface area contributed by atoms with Crippen LogP contribution in [0.5, 0.6) is 0 Å². The Kier molecular flexibility index (Phi) is 3.96. The number of methoxy groups -OCH3 is 1. The molecular formula is C19H24BrN3O2. The van der Waals surface area contributed by atoms with Gasteiger partial charge in [-0.05, 0) is 55.4 Å². The van der Waals surface area contributed by atoms with Crippen LogP contribution in [-0.2, 0) is 21.5 Å². The summed E-state index contributed by atoms with van der Waals surface area (Å²) in [6.45, 7) is 0.316. The van der Waals surface area contributed by atoms with Crippen molar-refractivity contribution >= 4 is 27.7 Å². The van der Waals surface area contributed by atoms with E-state index in [0.29, 0.717) is 12.5 Å². The van der Waals surface area contributed by atoms with Gasteiger partial charge in [-0.3, -0.25) is 4.79 Å². The van der Waals surface area contributed by atoms with Crippen LogP contribution in [0.15, 0.2) is 27.7 Å². The van der Waals surface area contributed by atoms with Crippen molar-refractivity contribution < 1.29 is 9.53 Å². The van der Waals surface area contributed by atoms with Crippen molar-refractivity contribution in [3.8, 4) is 0 Å². The molecule has 1 heterocycles. The van der Waals surface area contributed by atoms with E-state index in [1.807, 2.05) is 7.05 Å². The highest BCUT2D eigenvalue weighted by atomic mass is 79.9. The van der Waals surface area contributed by atoms with Crippen LogP contribution in [0.3, 0.4) is 0 Å². The number of fused-ring (bicyclic) bond motifs is 3. The molecule has 5 nitrogen and oxygen atoms in total. The average Bonchev–Trinajstić information content (AvgIpc) is 2.84. The molecule has 1 unspecified atom stereocenters. The highest BCUT2D eigenvalue weighted by molar-refractivity contribution is 9.10. The molecule has 6 heteroatoms. The van der Waals surface area contributed by atoms with Gasteiger partial charge >= 0.3 is 0 Å². The lowest BCUT2D eigenvalue weighted by Crippen LogP contribution is -2.58. The summed E-state index contributed by atoms with van der Waals surface area (Å²) in [5, 5.41) is 0. The monoisotopic (exact) mass is 405 g/mol. The lowest BCUT2D eigenvalue weighted by molar-refractivity contribution is -0.132. The molecule has 1 fully saturated rings. The van der Waals surface area contributed by atoms with E-state index in [-0.39, 0.29) is 17.3 Å². The quantitative estimate of drug-likeness (QED) is 0.779. The topological polar surface area (TPSA) is 67.9 Å². The van der Waals surface area contributed by atoms with Crippen molar-refractivity contribution in [1.82, 2.24) is 4.90 Å². The summed E-state index contributed by atoms with van der Waals surface area (Å²) in [5.74, 6) is 0.623. The highest BCUT2D eigenvalue weighted by Gasteiger charge is 2.63. The molecule has 0 radical (unpaired) electrons. The van der Waals surface area contributed by atoms with E-state index in [1.54, 1.807) is 12.0 Å². The van der Waals surface area contributed by atoms with Crippen LogP contribution in [0.1, 0.15) is 36.8 Å². The van der Waals surface area contributed by atoms with Gasteiger partial charge in [0, 0.05) is 24.0 Å². The molecule has 0 saturated heterocycles. The first-order valence-corrected chi connectivity index (χ1v) is 9.63. The molecule has 4 rings (SSSR count). The number of carbonyl (C=O) groups is 1. The molecule has 1 saturated carbocycles. The third-order valence-corrected chi connectivity index (χ3v) is 6.93. The van der Waals surface area contributed by atoms with Gasteiger partial charge in [0.15, 0.2) is 17.3 Å². The number of benzene rings is 1. The highest BCUT2D eigenvalue weighted by Crippen LogP contribution is 2.61. The Hall–Kier alpha value is -1.40. The first-order valence-electron chi connectivity index (χ1n) is 8.83. The fourth-order valence-electron chi connectivity index (χ4n) is 5.09. The average molecular weight is 406 g/mol. The molecule has 1 aliphatic heterocycles. The van der Waals surface area contributed by atoms with Crippen LogP contribution in [0, 0.1) is 5.41 Å². The second-order valence-corrected chi connectivity index (χ2v) is 8.57. The molecule has 1 atom stereocenters. The molecule has 2 spiro atoms. The van der Waals surface area contributed by atoms with Crippen LogP contribution in [0.4, 0.5) is 0 Å². The Bertz CT molecular complexity index is 755. The number of Topliss-reactive ketones (excluding diaryl/α,β-unsaturated/α-hetero) is 1. The third-order valence-electron chi connectivity index (χ3n) is 6.44. The van der Waals surface area contributed by atoms with Crippen molar-refractivity contribution in [1.29, 1.82) is 0 Å². The summed E-state index contributed by atoms with van der Waals surface area (Å²) in [5.41, 5.74) is 7.46. The molecule has 3 aliphatic rings. The zero-order valence-electron chi connectivity index (χ0n) is 14.7. The summed E-state index contributed by atoms with van der Waals surface area (Å²) in [6.07, 6.45) is 4.96. The number of hydrogen-bond acceptors (Lipinski definition) is 5. The van der Waals surface area contributed by atoms with Crippen LogP contribution in [-0.4, -0.2) is 43.4 Å². The van der Waals surface area contributed by atoms with Crippen LogP contribution in [0.25, 0.3) is 0 Å². The Morgan fingerprint density at radius 2 is 2.08 bits per heavy atom. The van der Waals surface area contributed by atoms with Crippen LogP contribution < -0.4 is 5.73 Å². The number of likely N-dealkylation sites (N-methyl/N-ethyl adjacent to an activating group) is 1. The Morgan fingerprint density at radius 1 is 1.36 bits per heavy atom. The van der Waals surface area contributed by atoms with E-state index in [1.165, 1.54) is 5.56 Å². The van der Waals surface area contributed by atoms with Gasteiger partial charge in [-0.15, -0.1) is 0 Å². The number of ether oxygens (including phenoxy) is 1. The van der Waals surface area contributed by atoms with Crippen LogP contribution >= 0.6 is 15.9 Å². The number of nitrogens with zero attached hydrogens (tertiary/aromatic N) is 2. The first-order chi connectivity index (χ1) is 11.9. The second kappa shape index (κ2) is 5.81. The van der Waals surface area contributed by atoms with E-state index in [4.69, 9.17) is 15.5 Å². The second-order valence-electron chi connectivity index (χ2n) is 7.65. The summed E-state index contributed by atoms with van der Waals surface area (Å²) in [7, 11) is 3.60. The van der Waals surface area contributed by atoms with Crippen LogP contribution in [0.2, 0.25) is 0 Å². The molecule has 25 heavy (non-hydrogen) atoms. The van der Waals surface area contributed by atoms with E-state index >= 15 is 0 Å². The van der Waals surface area contributed by atoms with Crippen molar-refractivity contribution in [2.45, 2.75) is 43.7 Å². The van der Waals surface area contributed by atoms with Crippen molar-refractivity contribution in [2.75, 3.05) is 20.7 Å². The first kappa shape index (κ1) is 17.0. The minimum absolute atomic E-state index is 0.164. The van der Waals surface area contributed by atoms with Crippen molar-refractivity contribution in [3.05, 3.63) is 33.8 Å². The number of ketones is 1. The maximum atomic E-state index is 13.4. The van der Waals surface area contributed by atoms with E-state index in [9.17, 15) is 4.79 Å². The van der Waals surface area contributed by atoms with Gasteiger partial charge in [0.2, 0.25) is 0 Å². The molecule has 0 bridgehead atoms. The van der Waals surface area contributed by atoms with Gasteiger partial charge < -0.3 is 15.4 Å². The summed E-state index contributed by atoms with van der Waals surface area (Å²) >= 11 is 3.57. The van der Waals surface area contributed by atoms with E-state index in [2.05, 4.69) is 34.1 Å². The molecule has 1 aromatic rings. The maximum Gasteiger partial charge on any atom is 0.192 e. The van der Waals surface area contributed by atoms with Gasteiger partial charge in [-0.1, -0.05) is 22.0 Å². The SMILES string of the molecule is COC1CCC2(CC1)Cc1ccc(Br)cc1C21N=C(N)N(C)CC1=O. The molecule has 2 N–H and O–H groups in total. The largest absolute Gasteiger partial charge is 0.381 e. The molecular weight excluding hydrogens is 382 g/mol. The predicted octanol–water partition coefficient (Wildman–Crippen LogP) is 2.61. The minimum Gasteiger partial charge on any atom is -0.381 e. The molecule has 0 aromatic heterocycles. The molecule has 134 valence electrons. The van der Waals surface area contributed by atoms with E-state index < -0.39 is 5.54 Å². The zero-order valence-corrected chi connectivity index (χ0v) is 16.3. The zero-order chi connectivity index (χ0) is 17.8. The van der Waals surface area contributed by atoms with Gasteiger partial charge in [-0.25, -0.2) is 4.99 Å². The fourth-order valence-corrected chi connectivity index (χ4v) is 5.45. The standard InChI is InChI=1S/C19H24BrN3O2/c1-23-11-16(24)19(22-17(23)21)15-9-13(20)4-3-12(15)10-18(19)7-5-14(25-2)6-8-18/h3-4,9,14H,5-8,10-11H2,1-2H3,(H2,21,22). The number of aliphatic imine (C=N–C) groups is 1. The maximum absolute atomic E-state index is 13.4. The molecule has 2 aliphatic carbocycles. The van der Waals surface area contributed by atoms with Gasteiger partial charge in [-0.2, -0.15) is 0 Å².